The van der Waals surface area contributed by atoms with Crippen LogP contribution >= 0.6 is 22.6 Å². The Bertz CT molecular complexity index is 428. The molecule has 0 aliphatic rings. The Morgan fingerprint density at radius 3 is 2.93 bits per heavy atom. The first kappa shape index (κ1) is 11.8. The van der Waals surface area contributed by atoms with Crippen LogP contribution in [0.15, 0.2) is 22.1 Å². The lowest BCUT2D eigenvalue weighted by atomic mass is 10.2. The molecule has 0 amide bonds. The smallest absolute Gasteiger partial charge is 0.349 e. The minimum atomic E-state index is -0.633. The highest BCUT2D eigenvalue weighted by Crippen LogP contribution is 2.13. The molecular formula is C10H8INO3. The van der Waals surface area contributed by atoms with Gasteiger partial charge in [0.1, 0.15) is 17.4 Å². The summed E-state index contributed by atoms with van der Waals surface area (Å²) in [4.78, 5) is 11.2. The van der Waals surface area contributed by atoms with Crippen molar-refractivity contribution in [3.05, 3.63) is 27.2 Å². The number of carbonyl (C=O) groups excluding carboxylic acids is 1. The van der Waals surface area contributed by atoms with Gasteiger partial charge >= 0.3 is 5.97 Å². The van der Waals surface area contributed by atoms with Crippen molar-refractivity contribution >= 4 is 34.6 Å². The molecule has 1 aromatic heterocycles. The van der Waals surface area contributed by atoms with Gasteiger partial charge in [-0.2, -0.15) is 5.26 Å². The Hall–Kier alpha value is -1.29. The van der Waals surface area contributed by atoms with E-state index in [0.29, 0.717) is 9.53 Å². The first-order chi connectivity index (χ1) is 7.17. The number of rotatable bonds is 3. The van der Waals surface area contributed by atoms with Crippen LogP contribution in [0.5, 0.6) is 0 Å². The number of carbonyl (C=O) groups is 1. The van der Waals surface area contributed by atoms with E-state index in [1.165, 1.54) is 6.08 Å². The summed E-state index contributed by atoms with van der Waals surface area (Å²) in [5.41, 5.74) is -0.0670. The first-order valence-corrected chi connectivity index (χ1v) is 5.29. The molecule has 0 unspecified atom stereocenters. The van der Waals surface area contributed by atoms with E-state index >= 15 is 0 Å². The molecule has 1 aromatic rings. The number of esters is 1. The fraction of sp³-hybridized carbons (Fsp3) is 0.200. The van der Waals surface area contributed by atoms with E-state index in [1.54, 1.807) is 25.1 Å². The fourth-order valence-electron chi connectivity index (χ4n) is 0.894. The van der Waals surface area contributed by atoms with Gasteiger partial charge in [0.25, 0.3) is 0 Å². The number of hydrogen-bond acceptors (Lipinski definition) is 4. The van der Waals surface area contributed by atoms with Crippen LogP contribution < -0.4 is 0 Å². The molecule has 0 fully saturated rings. The summed E-state index contributed by atoms with van der Waals surface area (Å²) in [6, 6.07) is 5.19. The van der Waals surface area contributed by atoms with E-state index in [2.05, 4.69) is 0 Å². The Morgan fingerprint density at radius 2 is 2.47 bits per heavy atom. The maximum absolute atomic E-state index is 11.2. The van der Waals surface area contributed by atoms with Crippen molar-refractivity contribution in [2.45, 2.75) is 6.92 Å². The van der Waals surface area contributed by atoms with Crippen LogP contribution in [0, 0.1) is 15.1 Å². The molecule has 0 aliphatic heterocycles. The van der Waals surface area contributed by atoms with Crippen LogP contribution in [-0.2, 0) is 9.53 Å². The van der Waals surface area contributed by atoms with Crippen LogP contribution in [-0.4, -0.2) is 12.6 Å². The predicted molar refractivity (Wildman–Crippen MR) is 61.6 cm³/mol. The Kier molecular flexibility index (Phi) is 4.37. The summed E-state index contributed by atoms with van der Waals surface area (Å²) in [6.45, 7) is 1.93. The molecular weight excluding hydrogens is 309 g/mol. The van der Waals surface area contributed by atoms with Crippen molar-refractivity contribution in [2.24, 2.45) is 0 Å². The molecule has 15 heavy (non-hydrogen) atoms. The van der Waals surface area contributed by atoms with E-state index in [0.717, 1.165) is 0 Å². The van der Waals surface area contributed by atoms with E-state index in [4.69, 9.17) is 14.4 Å². The zero-order chi connectivity index (χ0) is 11.3. The molecule has 5 heteroatoms. The molecule has 1 rings (SSSR count). The second kappa shape index (κ2) is 5.56. The van der Waals surface area contributed by atoms with Crippen molar-refractivity contribution in [1.29, 1.82) is 5.26 Å². The summed E-state index contributed by atoms with van der Waals surface area (Å²) in [5.74, 6) is -0.171. The van der Waals surface area contributed by atoms with Gasteiger partial charge in [-0.1, -0.05) is 0 Å². The monoisotopic (exact) mass is 317 g/mol. The Balaban J connectivity index is 2.88. The quantitative estimate of drug-likeness (QED) is 0.371. The number of hydrogen-bond donors (Lipinski definition) is 0. The molecule has 0 aromatic carbocycles. The minimum absolute atomic E-state index is 0.0670. The SMILES string of the molecule is CCOC(=O)/C(C#N)=C/c1ccc(I)o1. The average Bonchev–Trinajstić information content (AvgIpc) is 2.61. The molecule has 4 nitrogen and oxygen atoms in total. The lowest BCUT2D eigenvalue weighted by Crippen LogP contribution is -2.05. The summed E-state index contributed by atoms with van der Waals surface area (Å²) in [7, 11) is 0. The highest BCUT2D eigenvalue weighted by molar-refractivity contribution is 14.1. The maximum atomic E-state index is 11.2. The van der Waals surface area contributed by atoms with E-state index in [9.17, 15) is 4.79 Å². The van der Waals surface area contributed by atoms with Crippen LogP contribution in [0.3, 0.4) is 0 Å². The molecule has 0 N–H and O–H groups in total. The molecule has 0 saturated carbocycles. The third-order valence-electron chi connectivity index (χ3n) is 1.50. The second-order valence-electron chi connectivity index (χ2n) is 2.53. The molecule has 0 atom stereocenters. The Labute approximate surface area is 101 Å². The topological polar surface area (TPSA) is 63.2 Å². The number of nitriles is 1. The minimum Gasteiger partial charge on any atom is -0.462 e. The summed E-state index contributed by atoms with van der Waals surface area (Å²) in [6.07, 6.45) is 1.36. The maximum Gasteiger partial charge on any atom is 0.349 e. The second-order valence-corrected chi connectivity index (χ2v) is 3.60. The highest BCUT2D eigenvalue weighted by atomic mass is 127. The van der Waals surface area contributed by atoms with Crippen LogP contribution in [0.2, 0.25) is 0 Å². The molecule has 1 heterocycles. The molecule has 0 saturated heterocycles. The number of halogens is 1. The van der Waals surface area contributed by atoms with Crippen molar-refractivity contribution < 1.29 is 13.9 Å². The summed E-state index contributed by atoms with van der Waals surface area (Å²) < 4.78 is 10.6. The average molecular weight is 317 g/mol. The molecule has 0 aliphatic carbocycles. The van der Waals surface area contributed by atoms with Crippen LogP contribution in [0.4, 0.5) is 0 Å². The Morgan fingerprint density at radius 1 is 1.73 bits per heavy atom. The lowest BCUT2D eigenvalue weighted by molar-refractivity contribution is -0.137. The largest absolute Gasteiger partial charge is 0.462 e. The van der Waals surface area contributed by atoms with Crippen molar-refractivity contribution in [2.75, 3.05) is 6.61 Å². The van der Waals surface area contributed by atoms with E-state index < -0.39 is 5.97 Å². The van der Waals surface area contributed by atoms with E-state index in [1.807, 2.05) is 22.6 Å². The summed E-state index contributed by atoms with van der Waals surface area (Å²) in [5, 5.41) is 8.73. The van der Waals surface area contributed by atoms with Gasteiger partial charge in [0.05, 0.1) is 6.61 Å². The van der Waals surface area contributed by atoms with Crippen molar-refractivity contribution in [3.63, 3.8) is 0 Å². The number of furan rings is 1. The van der Waals surface area contributed by atoms with Crippen molar-refractivity contribution in [1.82, 2.24) is 0 Å². The zero-order valence-corrected chi connectivity index (χ0v) is 10.1. The number of nitrogens with zero attached hydrogens (tertiary/aromatic N) is 1. The normalized spacial score (nSPS) is 10.9. The predicted octanol–water partition coefficient (Wildman–Crippen LogP) is 2.35. The zero-order valence-electron chi connectivity index (χ0n) is 7.99. The summed E-state index contributed by atoms with van der Waals surface area (Å²) >= 11 is 2.00. The third kappa shape index (κ3) is 3.40. The van der Waals surface area contributed by atoms with Crippen LogP contribution in [0.1, 0.15) is 12.7 Å². The van der Waals surface area contributed by atoms with Gasteiger partial charge in [0.2, 0.25) is 0 Å². The van der Waals surface area contributed by atoms with Gasteiger partial charge in [-0.05, 0) is 41.6 Å². The van der Waals surface area contributed by atoms with E-state index in [-0.39, 0.29) is 12.2 Å². The van der Waals surface area contributed by atoms with Gasteiger partial charge in [0.15, 0.2) is 3.77 Å². The van der Waals surface area contributed by atoms with Gasteiger partial charge < -0.3 is 9.15 Å². The molecule has 78 valence electrons. The standard InChI is InChI=1S/C10H8INO3/c1-2-14-10(13)7(6-12)5-8-3-4-9(11)15-8/h3-5H,2H2,1H3/b7-5+. The fourth-order valence-corrected chi connectivity index (χ4v) is 1.33. The van der Waals surface area contributed by atoms with Gasteiger partial charge in [-0.3, -0.25) is 0 Å². The molecule has 0 bridgehead atoms. The highest BCUT2D eigenvalue weighted by Gasteiger charge is 2.10. The lowest BCUT2D eigenvalue weighted by Gasteiger charge is -1.97. The first-order valence-electron chi connectivity index (χ1n) is 4.21. The number of ether oxygens (including phenoxy) is 1. The molecule has 0 radical (unpaired) electrons. The van der Waals surface area contributed by atoms with Gasteiger partial charge in [-0.25, -0.2) is 4.79 Å². The molecule has 0 spiro atoms. The van der Waals surface area contributed by atoms with Crippen molar-refractivity contribution in [3.8, 4) is 6.07 Å². The van der Waals surface area contributed by atoms with Gasteiger partial charge in [0, 0.05) is 6.08 Å². The third-order valence-corrected chi connectivity index (χ3v) is 2.08. The van der Waals surface area contributed by atoms with Crippen LogP contribution in [0.25, 0.3) is 6.08 Å². The van der Waals surface area contributed by atoms with Gasteiger partial charge in [-0.15, -0.1) is 0 Å².